The summed E-state index contributed by atoms with van der Waals surface area (Å²) in [6, 6.07) is 11.7. The van der Waals surface area contributed by atoms with Crippen molar-refractivity contribution < 1.29 is 9.84 Å². The molecular weight excluding hydrogens is 266 g/mol. The van der Waals surface area contributed by atoms with E-state index in [1.165, 1.54) is 0 Å². The molecule has 0 aliphatic carbocycles. The minimum absolute atomic E-state index is 0.426. The van der Waals surface area contributed by atoms with Gasteiger partial charge < -0.3 is 14.7 Å². The van der Waals surface area contributed by atoms with E-state index in [-0.39, 0.29) is 0 Å². The first-order chi connectivity index (χ1) is 9.98. The molecule has 0 saturated carbocycles. The predicted octanol–water partition coefficient (Wildman–Crippen LogP) is 2.26. The van der Waals surface area contributed by atoms with Gasteiger partial charge in [-0.15, -0.1) is 0 Å². The highest BCUT2D eigenvalue weighted by Gasteiger charge is 2.21. The molecule has 0 atom stereocenters. The largest absolute Gasteiger partial charge is 0.481 e. The van der Waals surface area contributed by atoms with E-state index in [0.29, 0.717) is 24.9 Å². The molecule has 0 spiro atoms. The van der Waals surface area contributed by atoms with Crippen molar-refractivity contribution in [1.29, 1.82) is 0 Å². The number of nitrogens with zero attached hydrogens (tertiary/aromatic N) is 3. The van der Waals surface area contributed by atoms with Gasteiger partial charge in [-0.05, 0) is 19.4 Å². The van der Waals surface area contributed by atoms with E-state index in [1.54, 1.807) is 33.2 Å². The minimum Gasteiger partial charge on any atom is -0.481 e. The lowest BCUT2D eigenvalue weighted by Crippen LogP contribution is -2.39. The topological polar surface area (TPSA) is 58.5 Å². The number of hydrogen-bond acceptors (Lipinski definition) is 5. The number of anilines is 1. The highest BCUT2D eigenvalue weighted by Crippen LogP contribution is 2.18. The van der Waals surface area contributed by atoms with Crippen LogP contribution in [0.15, 0.2) is 42.6 Å². The number of rotatable bonds is 6. The zero-order valence-corrected chi connectivity index (χ0v) is 12.7. The lowest BCUT2D eigenvalue weighted by molar-refractivity contribution is 0.0865. The first-order valence-corrected chi connectivity index (χ1v) is 6.86. The summed E-state index contributed by atoms with van der Waals surface area (Å²) in [5, 5.41) is 10.1. The minimum atomic E-state index is -0.846. The average molecular weight is 287 g/mol. The number of benzene rings is 1. The highest BCUT2D eigenvalue weighted by molar-refractivity contribution is 5.34. The monoisotopic (exact) mass is 287 g/mol. The van der Waals surface area contributed by atoms with E-state index in [4.69, 9.17) is 4.74 Å². The van der Waals surface area contributed by atoms with E-state index < -0.39 is 5.60 Å². The fraction of sp³-hybridized carbons (Fsp3) is 0.375. The van der Waals surface area contributed by atoms with Gasteiger partial charge >= 0.3 is 0 Å². The van der Waals surface area contributed by atoms with Crippen LogP contribution < -0.4 is 9.64 Å². The fourth-order valence-corrected chi connectivity index (χ4v) is 2.07. The SMILES string of the molecule is COc1ccnc(N(Cc2ccccc2)CC(C)(C)O)n1. The maximum Gasteiger partial charge on any atom is 0.229 e. The van der Waals surface area contributed by atoms with Crippen LogP contribution in [-0.2, 0) is 6.54 Å². The quantitative estimate of drug-likeness (QED) is 0.883. The third-order valence-corrected chi connectivity index (χ3v) is 2.90. The Morgan fingerprint density at radius 1 is 1.19 bits per heavy atom. The summed E-state index contributed by atoms with van der Waals surface area (Å²) >= 11 is 0. The molecule has 1 aromatic heterocycles. The maximum absolute atomic E-state index is 10.1. The van der Waals surface area contributed by atoms with E-state index in [2.05, 4.69) is 9.97 Å². The number of aromatic nitrogens is 2. The molecule has 0 radical (unpaired) electrons. The lowest BCUT2D eigenvalue weighted by Gasteiger charge is -2.29. The molecule has 0 saturated heterocycles. The van der Waals surface area contributed by atoms with Crippen molar-refractivity contribution in [2.75, 3.05) is 18.6 Å². The lowest BCUT2D eigenvalue weighted by atomic mass is 10.1. The first-order valence-electron chi connectivity index (χ1n) is 6.86. The Morgan fingerprint density at radius 3 is 2.52 bits per heavy atom. The first kappa shape index (κ1) is 15.3. The summed E-state index contributed by atoms with van der Waals surface area (Å²) in [5.41, 5.74) is 0.287. The summed E-state index contributed by atoms with van der Waals surface area (Å²) in [7, 11) is 1.57. The third kappa shape index (κ3) is 4.72. The zero-order valence-electron chi connectivity index (χ0n) is 12.7. The standard InChI is InChI=1S/C16H21N3O2/c1-16(2,20)12-19(11-13-7-5-4-6-8-13)15-17-10-9-14(18-15)21-3/h4-10,20H,11-12H2,1-3H3. The normalized spacial score (nSPS) is 11.2. The summed E-state index contributed by atoms with van der Waals surface area (Å²) in [6.07, 6.45) is 1.66. The van der Waals surface area contributed by atoms with Crippen LogP contribution in [0, 0.1) is 0 Å². The molecular formula is C16H21N3O2. The summed E-state index contributed by atoms with van der Waals surface area (Å²) in [6.45, 7) is 4.59. The Labute approximate surface area is 125 Å². The van der Waals surface area contributed by atoms with Crippen molar-refractivity contribution in [3.8, 4) is 5.88 Å². The second kappa shape index (κ2) is 6.54. The van der Waals surface area contributed by atoms with Crippen LogP contribution >= 0.6 is 0 Å². The Bertz CT molecular complexity index is 567. The van der Waals surface area contributed by atoms with Crippen LogP contribution in [0.4, 0.5) is 5.95 Å². The van der Waals surface area contributed by atoms with Crippen molar-refractivity contribution in [3.63, 3.8) is 0 Å². The zero-order chi connectivity index (χ0) is 15.3. The number of aliphatic hydroxyl groups is 1. The molecule has 5 heteroatoms. The molecule has 0 amide bonds. The molecule has 112 valence electrons. The van der Waals surface area contributed by atoms with Crippen LogP contribution in [0.25, 0.3) is 0 Å². The molecule has 1 heterocycles. The van der Waals surface area contributed by atoms with Crippen LogP contribution in [0.5, 0.6) is 5.88 Å². The highest BCUT2D eigenvalue weighted by atomic mass is 16.5. The van der Waals surface area contributed by atoms with E-state index >= 15 is 0 Å². The van der Waals surface area contributed by atoms with Crippen LogP contribution in [0.3, 0.4) is 0 Å². The molecule has 2 rings (SSSR count). The van der Waals surface area contributed by atoms with E-state index in [0.717, 1.165) is 5.56 Å². The molecule has 0 unspecified atom stereocenters. The van der Waals surface area contributed by atoms with Gasteiger partial charge in [0, 0.05) is 25.4 Å². The fourth-order valence-electron chi connectivity index (χ4n) is 2.07. The van der Waals surface area contributed by atoms with Gasteiger partial charge in [-0.3, -0.25) is 0 Å². The summed E-state index contributed by atoms with van der Waals surface area (Å²) in [5.74, 6) is 1.05. The van der Waals surface area contributed by atoms with Gasteiger partial charge in [-0.2, -0.15) is 4.98 Å². The molecule has 0 fully saturated rings. The number of ether oxygens (including phenoxy) is 1. The van der Waals surface area contributed by atoms with E-state index in [1.807, 2.05) is 35.2 Å². The second-order valence-corrected chi connectivity index (χ2v) is 5.55. The molecule has 2 aromatic rings. The van der Waals surface area contributed by atoms with Gasteiger partial charge in [0.1, 0.15) is 0 Å². The van der Waals surface area contributed by atoms with E-state index in [9.17, 15) is 5.11 Å². The number of hydrogen-bond donors (Lipinski definition) is 1. The maximum atomic E-state index is 10.1. The van der Waals surface area contributed by atoms with Crippen LogP contribution in [-0.4, -0.2) is 34.3 Å². The van der Waals surface area contributed by atoms with Gasteiger partial charge in [0.25, 0.3) is 0 Å². The summed E-state index contributed by atoms with van der Waals surface area (Å²) < 4.78 is 5.15. The van der Waals surface area contributed by atoms with Crippen molar-refractivity contribution in [1.82, 2.24) is 9.97 Å². The molecule has 1 aromatic carbocycles. The molecule has 5 nitrogen and oxygen atoms in total. The summed E-state index contributed by atoms with van der Waals surface area (Å²) in [4.78, 5) is 10.6. The Kier molecular flexibility index (Phi) is 4.75. The van der Waals surface area contributed by atoms with Gasteiger partial charge in [0.15, 0.2) is 0 Å². The van der Waals surface area contributed by atoms with Crippen molar-refractivity contribution in [2.45, 2.75) is 26.0 Å². The Morgan fingerprint density at radius 2 is 1.90 bits per heavy atom. The molecule has 0 aliphatic rings. The third-order valence-electron chi connectivity index (χ3n) is 2.90. The Hall–Kier alpha value is -2.14. The van der Waals surface area contributed by atoms with Gasteiger partial charge in [-0.25, -0.2) is 4.98 Å². The second-order valence-electron chi connectivity index (χ2n) is 5.55. The van der Waals surface area contributed by atoms with Gasteiger partial charge in [-0.1, -0.05) is 30.3 Å². The molecule has 0 bridgehead atoms. The Balaban J connectivity index is 2.26. The smallest absolute Gasteiger partial charge is 0.229 e. The number of methoxy groups -OCH3 is 1. The van der Waals surface area contributed by atoms with Crippen LogP contribution in [0.1, 0.15) is 19.4 Å². The molecule has 1 N–H and O–H groups in total. The van der Waals surface area contributed by atoms with Gasteiger partial charge in [0.05, 0.1) is 12.7 Å². The molecule has 21 heavy (non-hydrogen) atoms. The van der Waals surface area contributed by atoms with Crippen molar-refractivity contribution >= 4 is 5.95 Å². The van der Waals surface area contributed by atoms with Crippen molar-refractivity contribution in [3.05, 3.63) is 48.2 Å². The van der Waals surface area contributed by atoms with Crippen molar-refractivity contribution in [2.24, 2.45) is 0 Å². The van der Waals surface area contributed by atoms with Gasteiger partial charge in [0.2, 0.25) is 11.8 Å². The molecule has 0 aliphatic heterocycles. The average Bonchev–Trinajstić information content (AvgIpc) is 2.46. The predicted molar refractivity (Wildman–Crippen MR) is 82.4 cm³/mol. The van der Waals surface area contributed by atoms with Crippen LogP contribution in [0.2, 0.25) is 0 Å².